The van der Waals surface area contributed by atoms with E-state index in [4.69, 9.17) is 5.26 Å². The molecular weight excluding hydrogens is 334 g/mol. The summed E-state index contributed by atoms with van der Waals surface area (Å²) in [5, 5.41) is 22.9. The molecule has 0 heterocycles. The van der Waals surface area contributed by atoms with Crippen molar-refractivity contribution < 1.29 is 4.92 Å². The summed E-state index contributed by atoms with van der Waals surface area (Å²) in [5.74, 6) is 0. The van der Waals surface area contributed by atoms with Crippen LogP contribution in [0.15, 0.2) is 46.9 Å². The molecule has 21 heavy (non-hydrogen) atoms. The Labute approximate surface area is 130 Å². The fourth-order valence-electron chi connectivity index (χ4n) is 1.93. The average molecular weight is 346 g/mol. The molecule has 2 aromatic rings. The molecule has 0 bridgehead atoms. The third-order valence-corrected chi connectivity index (χ3v) is 3.71. The van der Waals surface area contributed by atoms with E-state index in [-0.39, 0.29) is 11.7 Å². The van der Waals surface area contributed by atoms with Gasteiger partial charge in [0.2, 0.25) is 0 Å². The van der Waals surface area contributed by atoms with Crippen LogP contribution in [-0.4, -0.2) is 4.92 Å². The van der Waals surface area contributed by atoms with Crippen LogP contribution in [-0.2, 0) is 0 Å². The highest BCUT2D eigenvalue weighted by Crippen LogP contribution is 2.30. The number of non-ortho nitro benzene ring substituents is 1. The lowest BCUT2D eigenvalue weighted by atomic mass is 10.1. The number of hydrogen-bond acceptors (Lipinski definition) is 4. The highest BCUT2D eigenvalue weighted by molar-refractivity contribution is 9.10. The third kappa shape index (κ3) is 3.58. The number of benzene rings is 2. The van der Waals surface area contributed by atoms with Gasteiger partial charge in [-0.25, -0.2) is 0 Å². The van der Waals surface area contributed by atoms with Crippen LogP contribution in [0, 0.1) is 21.4 Å². The lowest BCUT2D eigenvalue weighted by Gasteiger charge is -2.17. The van der Waals surface area contributed by atoms with E-state index < -0.39 is 4.92 Å². The first kappa shape index (κ1) is 15.0. The van der Waals surface area contributed by atoms with Gasteiger partial charge in [0.1, 0.15) is 0 Å². The van der Waals surface area contributed by atoms with Crippen LogP contribution in [0.3, 0.4) is 0 Å². The Kier molecular flexibility index (Phi) is 4.55. The molecule has 0 aliphatic heterocycles. The molecule has 2 rings (SSSR count). The second kappa shape index (κ2) is 6.37. The molecule has 0 saturated heterocycles. The molecule has 6 heteroatoms. The fourth-order valence-corrected chi connectivity index (χ4v) is 2.41. The molecule has 1 atom stereocenters. The maximum atomic E-state index is 10.7. The Hall–Kier alpha value is -2.39. The maximum Gasteiger partial charge on any atom is 0.270 e. The molecule has 106 valence electrons. The Morgan fingerprint density at radius 3 is 2.71 bits per heavy atom. The SMILES string of the molecule is CC(Nc1ccc([N+](=O)[O-])cc1Br)c1cccc(C#N)c1. The summed E-state index contributed by atoms with van der Waals surface area (Å²) in [6, 6.07) is 14.0. The van der Waals surface area contributed by atoms with Crippen LogP contribution in [0.5, 0.6) is 0 Å². The fraction of sp³-hybridized carbons (Fsp3) is 0.133. The van der Waals surface area contributed by atoms with Crippen molar-refractivity contribution in [1.82, 2.24) is 0 Å². The number of nitro groups is 1. The van der Waals surface area contributed by atoms with Gasteiger partial charge in [-0.1, -0.05) is 12.1 Å². The van der Waals surface area contributed by atoms with Gasteiger partial charge in [-0.15, -0.1) is 0 Å². The van der Waals surface area contributed by atoms with Gasteiger partial charge in [0.05, 0.1) is 16.6 Å². The topological polar surface area (TPSA) is 79.0 Å². The van der Waals surface area contributed by atoms with Crippen molar-refractivity contribution in [2.45, 2.75) is 13.0 Å². The van der Waals surface area contributed by atoms with Gasteiger partial charge >= 0.3 is 0 Å². The molecule has 0 amide bonds. The van der Waals surface area contributed by atoms with E-state index in [1.54, 1.807) is 12.1 Å². The predicted octanol–water partition coefficient (Wildman–Crippen LogP) is 4.40. The summed E-state index contributed by atoms with van der Waals surface area (Å²) in [6.07, 6.45) is 0. The minimum atomic E-state index is -0.436. The lowest BCUT2D eigenvalue weighted by Crippen LogP contribution is -2.07. The molecule has 0 aliphatic rings. The average Bonchev–Trinajstić information content (AvgIpc) is 2.49. The minimum Gasteiger partial charge on any atom is -0.378 e. The standard InChI is InChI=1S/C15H12BrN3O2/c1-10(12-4-2-3-11(7-12)9-17)18-15-6-5-13(19(20)21)8-14(15)16/h2-8,10,18H,1H3. The molecule has 0 fully saturated rings. The summed E-state index contributed by atoms with van der Waals surface area (Å²) >= 11 is 3.33. The summed E-state index contributed by atoms with van der Waals surface area (Å²) in [5.41, 5.74) is 2.37. The summed E-state index contributed by atoms with van der Waals surface area (Å²) in [7, 11) is 0. The number of rotatable bonds is 4. The minimum absolute atomic E-state index is 0.0314. The van der Waals surface area contributed by atoms with Crippen LogP contribution in [0.25, 0.3) is 0 Å². The zero-order valence-electron chi connectivity index (χ0n) is 11.2. The van der Waals surface area contributed by atoms with Crippen LogP contribution < -0.4 is 5.32 Å². The highest BCUT2D eigenvalue weighted by atomic mass is 79.9. The van der Waals surface area contributed by atoms with Crippen molar-refractivity contribution in [1.29, 1.82) is 5.26 Å². The molecular formula is C15H12BrN3O2. The molecule has 0 aliphatic carbocycles. The van der Waals surface area contributed by atoms with Gasteiger partial charge < -0.3 is 5.32 Å². The van der Waals surface area contributed by atoms with Crippen molar-refractivity contribution in [2.24, 2.45) is 0 Å². The van der Waals surface area contributed by atoms with Gasteiger partial charge in [-0.3, -0.25) is 10.1 Å². The molecule has 0 spiro atoms. The second-order valence-corrected chi connectivity index (χ2v) is 5.38. The van der Waals surface area contributed by atoms with Crippen LogP contribution in [0.2, 0.25) is 0 Å². The van der Waals surface area contributed by atoms with E-state index in [0.29, 0.717) is 10.0 Å². The summed E-state index contributed by atoms with van der Waals surface area (Å²) in [6.45, 7) is 1.96. The van der Waals surface area contributed by atoms with E-state index in [1.165, 1.54) is 12.1 Å². The normalized spacial score (nSPS) is 11.5. The van der Waals surface area contributed by atoms with Crippen molar-refractivity contribution in [3.8, 4) is 6.07 Å². The van der Waals surface area contributed by atoms with Gasteiger partial charge in [-0.05, 0) is 46.6 Å². The van der Waals surface area contributed by atoms with Crippen molar-refractivity contribution >= 4 is 27.3 Å². The molecule has 0 radical (unpaired) electrons. The number of nitro benzene ring substituents is 1. The first-order valence-electron chi connectivity index (χ1n) is 6.22. The van der Waals surface area contributed by atoms with E-state index in [9.17, 15) is 10.1 Å². The van der Waals surface area contributed by atoms with Crippen LogP contribution in [0.1, 0.15) is 24.1 Å². The van der Waals surface area contributed by atoms with Crippen molar-refractivity contribution in [3.63, 3.8) is 0 Å². The van der Waals surface area contributed by atoms with E-state index in [1.807, 2.05) is 25.1 Å². The molecule has 0 saturated carbocycles. The zero-order valence-corrected chi connectivity index (χ0v) is 12.8. The largest absolute Gasteiger partial charge is 0.378 e. The summed E-state index contributed by atoms with van der Waals surface area (Å²) < 4.78 is 0.625. The van der Waals surface area contributed by atoms with E-state index in [0.717, 1.165) is 11.3 Å². The smallest absolute Gasteiger partial charge is 0.270 e. The van der Waals surface area contributed by atoms with E-state index >= 15 is 0 Å². The van der Waals surface area contributed by atoms with Crippen LogP contribution in [0.4, 0.5) is 11.4 Å². The van der Waals surface area contributed by atoms with Gasteiger partial charge in [-0.2, -0.15) is 5.26 Å². The number of anilines is 1. The quantitative estimate of drug-likeness (QED) is 0.657. The first-order chi connectivity index (χ1) is 10.0. The van der Waals surface area contributed by atoms with Gasteiger partial charge in [0.25, 0.3) is 5.69 Å². The predicted molar refractivity (Wildman–Crippen MR) is 84.0 cm³/mol. The van der Waals surface area contributed by atoms with Crippen molar-refractivity contribution in [2.75, 3.05) is 5.32 Å². The molecule has 5 nitrogen and oxygen atoms in total. The molecule has 1 unspecified atom stereocenters. The molecule has 2 aromatic carbocycles. The number of nitrogens with zero attached hydrogens (tertiary/aromatic N) is 2. The monoisotopic (exact) mass is 345 g/mol. The van der Waals surface area contributed by atoms with Crippen LogP contribution >= 0.6 is 15.9 Å². The lowest BCUT2D eigenvalue weighted by molar-refractivity contribution is -0.384. The van der Waals surface area contributed by atoms with Gasteiger partial charge in [0.15, 0.2) is 0 Å². The number of nitriles is 1. The Morgan fingerprint density at radius 2 is 2.10 bits per heavy atom. The molecule has 0 aromatic heterocycles. The Bertz CT molecular complexity index is 725. The van der Waals surface area contributed by atoms with Crippen molar-refractivity contribution in [3.05, 3.63) is 68.2 Å². The number of hydrogen-bond donors (Lipinski definition) is 1. The highest BCUT2D eigenvalue weighted by Gasteiger charge is 2.12. The zero-order chi connectivity index (χ0) is 15.4. The Balaban J connectivity index is 2.21. The molecule has 1 N–H and O–H groups in total. The number of nitrogens with one attached hydrogen (secondary N) is 1. The third-order valence-electron chi connectivity index (χ3n) is 3.05. The maximum absolute atomic E-state index is 10.7. The summed E-state index contributed by atoms with van der Waals surface area (Å²) in [4.78, 5) is 10.3. The second-order valence-electron chi connectivity index (χ2n) is 4.52. The number of halogens is 1. The van der Waals surface area contributed by atoms with E-state index in [2.05, 4.69) is 27.3 Å². The van der Waals surface area contributed by atoms with Gasteiger partial charge in [0, 0.05) is 28.3 Å². The first-order valence-corrected chi connectivity index (χ1v) is 7.01. The Morgan fingerprint density at radius 1 is 1.33 bits per heavy atom.